The van der Waals surface area contributed by atoms with E-state index in [-0.39, 0.29) is 5.57 Å². The highest BCUT2D eigenvalue weighted by molar-refractivity contribution is 5.92. The van der Waals surface area contributed by atoms with Gasteiger partial charge < -0.3 is 5.11 Å². The van der Waals surface area contributed by atoms with E-state index >= 15 is 0 Å². The van der Waals surface area contributed by atoms with Gasteiger partial charge in [0.15, 0.2) is 0 Å². The molecule has 1 N–H and O–H groups in total. The Balaban J connectivity index is 3.20. The Morgan fingerprint density at radius 3 is 2.73 bits per heavy atom. The van der Waals surface area contributed by atoms with Gasteiger partial charge in [-0.25, -0.2) is 9.59 Å². The number of nitrogens with zero attached hydrogens (tertiary/aromatic N) is 1. The second kappa shape index (κ2) is 4.88. The molecule has 0 fully saturated rings. The van der Waals surface area contributed by atoms with Gasteiger partial charge in [-0.1, -0.05) is 18.2 Å². The van der Waals surface area contributed by atoms with Crippen LogP contribution in [0.3, 0.4) is 0 Å². The zero-order valence-electron chi connectivity index (χ0n) is 8.10. The summed E-state index contributed by atoms with van der Waals surface area (Å²) >= 11 is 0. The third kappa shape index (κ3) is 2.90. The Morgan fingerprint density at radius 2 is 2.13 bits per heavy atom. The monoisotopic (exact) mass is 203 g/mol. The molecule has 4 nitrogen and oxygen atoms in total. The minimum absolute atomic E-state index is 0.184. The van der Waals surface area contributed by atoms with Crippen LogP contribution in [-0.2, 0) is 9.59 Å². The van der Waals surface area contributed by atoms with Crippen molar-refractivity contribution >= 4 is 23.8 Å². The van der Waals surface area contributed by atoms with Gasteiger partial charge in [-0.05, 0) is 19.1 Å². The van der Waals surface area contributed by atoms with Crippen LogP contribution in [0.1, 0.15) is 12.5 Å². The van der Waals surface area contributed by atoms with E-state index in [1.165, 1.54) is 19.1 Å². The Labute approximate surface area is 86.6 Å². The fourth-order valence-electron chi connectivity index (χ4n) is 1.06. The van der Waals surface area contributed by atoms with E-state index in [9.17, 15) is 9.59 Å². The van der Waals surface area contributed by atoms with Gasteiger partial charge in [-0.15, -0.1) is 0 Å². The lowest BCUT2D eigenvalue weighted by Crippen LogP contribution is -1.95. The van der Waals surface area contributed by atoms with E-state index < -0.39 is 5.97 Å². The van der Waals surface area contributed by atoms with Gasteiger partial charge in [0.2, 0.25) is 6.08 Å². The highest BCUT2D eigenvalue weighted by Crippen LogP contribution is 2.20. The van der Waals surface area contributed by atoms with Crippen LogP contribution in [0, 0.1) is 0 Å². The number of carbonyl (C=O) groups excluding carboxylic acids is 1. The van der Waals surface area contributed by atoms with E-state index in [1.807, 2.05) is 0 Å². The number of carboxylic acids is 1. The first-order valence-corrected chi connectivity index (χ1v) is 4.23. The summed E-state index contributed by atoms with van der Waals surface area (Å²) in [5.74, 6) is -1.00. The molecule has 0 spiro atoms. The summed E-state index contributed by atoms with van der Waals surface area (Å²) in [5, 5.41) is 8.69. The number of benzene rings is 1. The Hall–Kier alpha value is -2.19. The van der Waals surface area contributed by atoms with Crippen LogP contribution in [0.25, 0.3) is 6.08 Å². The first-order valence-electron chi connectivity index (χ1n) is 4.23. The average Bonchev–Trinajstić information content (AvgIpc) is 2.21. The summed E-state index contributed by atoms with van der Waals surface area (Å²) in [4.78, 5) is 24.2. The zero-order valence-corrected chi connectivity index (χ0v) is 8.10. The summed E-state index contributed by atoms with van der Waals surface area (Å²) in [6.45, 7) is 1.48. The van der Waals surface area contributed by atoms with Crippen LogP contribution in [0.2, 0.25) is 0 Å². The Morgan fingerprint density at radius 1 is 1.47 bits per heavy atom. The predicted molar refractivity (Wildman–Crippen MR) is 55.5 cm³/mol. The van der Waals surface area contributed by atoms with Crippen molar-refractivity contribution in [2.75, 3.05) is 0 Å². The molecular formula is C11H9NO3. The van der Waals surface area contributed by atoms with Crippen molar-refractivity contribution in [1.29, 1.82) is 0 Å². The first-order chi connectivity index (χ1) is 7.15. The molecule has 0 radical (unpaired) electrons. The smallest absolute Gasteiger partial charge is 0.331 e. The summed E-state index contributed by atoms with van der Waals surface area (Å²) in [6, 6.07) is 6.75. The molecule has 0 bridgehead atoms. The van der Waals surface area contributed by atoms with Crippen LogP contribution in [0.15, 0.2) is 34.8 Å². The number of aliphatic imine (C=N–C) groups is 1. The molecule has 0 saturated heterocycles. The van der Waals surface area contributed by atoms with Crippen molar-refractivity contribution < 1.29 is 14.7 Å². The van der Waals surface area contributed by atoms with E-state index in [1.54, 1.807) is 24.3 Å². The van der Waals surface area contributed by atoms with Crippen molar-refractivity contribution in [3.05, 3.63) is 35.4 Å². The van der Waals surface area contributed by atoms with Gasteiger partial charge in [0, 0.05) is 11.1 Å². The average molecular weight is 203 g/mol. The largest absolute Gasteiger partial charge is 0.478 e. The number of aliphatic carboxylic acids is 1. The third-order valence-corrected chi connectivity index (χ3v) is 1.81. The van der Waals surface area contributed by atoms with Crippen LogP contribution in [0.5, 0.6) is 0 Å². The Bertz CT molecular complexity index is 457. The standard InChI is InChI=1S/C11H9NO3/c1-8(11(14)15)6-9-4-2-3-5-10(9)12-7-13/h2-6H,1H3,(H,14,15). The lowest BCUT2D eigenvalue weighted by molar-refractivity contribution is -0.132. The maximum Gasteiger partial charge on any atom is 0.331 e. The van der Waals surface area contributed by atoms with Gasteiger partial charge in [0.05, 0.1) is 5.69 Å². The number of para-hydroxylation sites is 1. The molecule has 0 aliphatic carbocycles. The van der Waals surface area contributed by atoms with E-state index in [0.717, 1.165) is 0 Å². The molecule has 0 aromatic heterocycles. The van der Waals surface area contributed by atoms with Crippen LogP contribution in [0.4, 0.5) is 5.69 Å². The lowest BCUT2D eigenvalue weighted by Gasteiger charge is -1.98. The van der Waals surface area contributed by atoms with Crippen molar-refractivity contribution in [3.8, 4) is 0 Å². The number of isocyanates is 1. The second-order valence-electron chi connectivity index (χ2n) is 2.89. The van der Waals surface area contributed by atoms with Crippen molar-refractivity contribution in [3.63, 3.8) is 0 Å². The maximum atomic E-state index is 10.6. The molecule has 4 heteroatoms. The second-order valence-corrected chi connectivity index (χ2v) is 2.89. The first kappa shape index (κ1) is 10.9. The summed E-state index contributed by atoms with van der Waals surface area (Å²) in [5.41, 5.74) is 1.18. The maximum absolute atomic E-state index is 10.6. The molecule has 0 aliphatic heterocycles. The van der Waals surface area contributed by atoms with Gasteiger partial charge in [-0.2, -0.15) is 4.99 Å². The molecule has 0 unspecified atom stereocenters. The molecule has 0 amide bonds. The summed E-state index contributed by atoms with van der Waals surface area (Å²) < 4.78 is 0. The fraction of sp³-hybridized carbons (Fsp3) is 0.0909. The number of rotatable bonds is 3. The number of carbonyl (C=O) groups is 1. The van der Waals surface area contributed by atoms with Crippen LogP contribution >= 0.6 is 0 Å². The fourth-order valence-corrected chi connectivity index (χ4v) is 1.06. The van der Waals surface area contributed by atoms with Gasteiger partial charge in [-0.3, -0.25) is 0 Å². The molecule has 0 heterocycles. The number of hydrogen-bond donors (Lipinski definition) is 1. The van der Waals surface area contributed by atoms with Gasteiger partial charge >= 0.3 is 5.97 Å². The van der Waals surface area contributed by atoms with E-state index in [2.05, 4.69) is 4.99 Å². The highest BCUT2D eigenvalue weighted by Gasteiger charge is 2.02. The van der Waals surface area contributed by atoms with Crippen molar-refractivity contribution in [1.82, 2.24) is 0 Å². The number of carboxylic acid groups (broad SMARTS) is 1. The molecule has 0 atom stereocenters. The molecule has 1 aromatic rings. The van der Waals surface area contributed by atoms with E-state index in [0.29, 0.717) is 11.3 Å². The molecule has 0 aliphatic rings. The van der Waals surface area contributed by atoms with E-state index in [4.69, 9.17) is 5.11 Å². The summed E-state index contributed by atoms with van der Waals surface area (Å²) in [6.07, 6.45) is 2.88. The summed E-state index contributed by atoms with van der Waals surface area (Å²) in [7, 11) is 0. The number of hydrogen-bond acceptors (Lipinski definition) is 3. The SMILES string of the molecule is CC(=Cc1ccccc1N=C=O)C(=O)O. The van der Waals surface area contributed by atoms with Gasteiger partial charge in [0.1, 0.15) is 0 Å². The molecular weight excluding hydrogens is 194 g/mol. The zero-order chi connectivity index (χ0) is 11.3. The van der Waals surface area contributed by atoms with Crippen LogP contribution < -0.4 is 0 Å². The van der Waals surface area contributed by atoms with Gasteiger partial charge in [0.25, 0.3) is 0 Å². The quantitative estimate of drug-likeness (QED) is 0.465. The topological polar surface area (TPSA) is 66.7 Å². The molecule has 76 valence electrons. The molecule has 1 aromatic carbocycles. The van der Waals surface area contributed by atoms with Crippen LogP contribution in [-0.4, -0.2) is 17.2 Å². The van der Waals surface area contributed by atoms with Crippen molar-refractivity contribution in [2.24, 2.45) is 4.99 Å². The Kier molecular flexibility index (Phi) is 3.55. The minimum atomic E-state index is -1.00. The lowest BCUT2D eigenvalue weighted by atomic mass is 10.1. The van der Waals surface area contributed by atoms with Crippen molar-refractivity contribution in [2.45, 2.75) is 6.92 Å². The predicted octanol–water partition coefficient (Wildman–Crippen LogP) is 2.14. The molecule has 1 rings (SSSR count). The minimum Gasteiger partial charge on any atom is -0.478 e. The molecule has 15 heavy (non-hydrogen) atoms. The molecule has 0 saturated carbocycles. The normalized spacial score (nSPS) is 10.6. The highest BCUT2D eigenvalue weighted by atomic mass is 16.4. The third-order valence-electron chi connectivity index (χ3n) is 1.81.